The molecule has 0 spiro atoms. The summed E-state index contributed by atoms with van der Waals surface area (Å²) in [7, 11) is 0. The fourth-order valence-corrected chi connectivity index (χ4v) is 1.66. The summed E-state index contributed by atoms with van der Waals surface area (Å²) in [5.74, 6) is -3.33. The summed E-state index contributed by atoms with van der Waals surface area (Å²) in [6.45, 7) is 3.67. The molecular formula is C15H18O5. The lowest BCUT2D eigenvalue weighted by molar-refractivity contribution is -0.158. The molecule has 0 saturated heterocycles. The highest BCUT2D eigenvalue weighted by molar-refractivity contribution is 6.03. The van der Waals surface area contributed by atoms with E-state index >= 15 is 0 Å². The molecule has 0 aliphatic heterocycles. The SMILES string of the molecule is CCCC(C(=O)OCC)C(=O)OC(=O)c1ccccc1. The third kappa shape index (κ3) is 4.50. The smallest absolute Gasteiger partial charge is 0.345 e. The Labute approximate surface area is 117 Å². The van der Waals surface area contributed by atoms with Gasteiger partial charge in [-0.3, -0.25) is 9.59 Å². The molecule has 1 unspecified atom stereocenters. The highest BCUT2D eigenvalue weighted by Crippen LogP contribution is 2.13. The quantitative estimate of drug-likeness (QED) is 0.590. The van der Waals surface area contributed by atoms with E-state index in [1.807, 2.05) is 6.92 Å². The predicted octanol–water partition coefficient (Wildman–Crippen LogP) is 2.35. The minimum atomic E-state index is -1.05. The summed E-state index contributed by atoms with van der Waals surface area (Å²) in [4.78, 5) is 35.3. The molecule has 108 valence electrons. The lowest BCUT2D eigenvalue weighted by Gasteiger charge is -2.13. The van der Waals surface area contributed by atoms with E-state index in [1.165, 1.54) is 12.1 Å². The molecule has 5 heteroatoms. The maximum Gasteiger partial charge on any atom is 0.345 e. The van der Waals surface area contributed by atoms with Crippen molar-refractivity contribution in [2.24, 2.45) is 5.92 Å². The molecule has 0 bridgehead atoms. The molecule has 1 aromatic rings. The molecule has 0 radical (unpaired) electrons. The molecule has 0 aliphatic rings. The van der Waals surface area contributed by atoms with Crippen molar-refractivity contribution in [1.82, 2.24) is 0 Å². The van der Waals surface area contributed by atoms with E-state index in [0.29, 0.717) is 12.8 Å². The van der Waals surface area contributed by atoms with E-state index in [4.69, 9.17) is 9.47 Å². The lowest BCUT2D eigenvalue weighted by atomic mass is 10.0. The Balaban J connectivity index is 2.71. The van der Waals surface area contributed by atoms with Crippen LogP contribution in [0.5, 0.6) is 0 Å². The number of rotatable bonds is 6. The van der Waals surface area contributed by atoms with Gasteiger partial charge in [-0.1, -0.05) is 31.5 Å². The van der Waals surface area contributed by atoms with Crippen molar-refractivity contribution in [3.63, 3.8) is 0 Å². The maximum absolute atomic E-state index is 11.9. The molecule has 0 aromatic heterocycles. The van der Waals surface area contributed by atoms with Crippen LogP contribution in [0.3, 0.4) is 0 Å². The largest absolute Gasteiger partial charge is 0.465 e. The van der Waals surface area contributed by atoms with Crippen molar-refractivity contribution < 1.29 is 23.9 Å². The second-order valence-electron chi connectivity index (χ2n) is 4.17. The summed E-state index contributed by atoms with van der Waals surface area (Å²) < 4.78 is 9.55. The molecule has 0 heterocycles. The van der Waals surface area contributed by atoms with Crippen molar-refractivity contribution in [3.8, 4) is 0 Å². The zero-order valence-corrected chi connectivity index (χ0v) is 11.6. The van der Waals surface area contributed by atoms with E-state index in [9.17, 15) is 14.4 Å². The Bertz CT molecular complexity index is 466. The summed E-state index contributed by atoms with van der Waals surface area (Å²) in [6.07, 6.45) is 0.901. The van der Waals surface area contributed by atoms with Gasteiger partial charge in [0.25, 0.3) is 0 Å². The summed E-state index contributed by atoms with van der Waals surface area (Å²) in [6, 6.07) is 8.15. The topological polar surface area (TPSA) is 69.7 Å². The van der Waals surface area contributed by atoms with Gasteiger partial charge in [-0.05, 0) is 25.5 Å². The van der Waals surface area contributed by atoms with Gasteiger partial charge in [0.1, 0.15) is 0 Å². The minimum Gasteiger partial charge on any atom is -0.465 e. The zero-order chi connectivity index (χ0) is 15.0. The normalized spacial score (nSPS) is 11.5. The zero-order valence-electron chi connectivity index (χ0n) is 11.6. The first kappa shape index (κ1) is 15.9. The van der Waals surface area contributed by atoms with Crippen LogP contribution in [-0.4, -0.2) is 24.5 Å². The van der Waals surface area contributed by atoms with E-state index in [2.05, 4.69) is 0 Å². The average Bonchev–Trinajstić information content (AvgIpc) is 2.45. The first-order chi connectivity index (χ1) is 9.60. The number of benzene rings is 1. The summed E-state index contributed by atoms with van der Waals surface area (Å²) >= 11 is 0. The molecule has 0 aliphatic carbocycles. The molecular weight excluding hydrogens is 260 g/mol. The highest BCUT2D eigenvalue weighted by Gasteiger charge is 2.30. The monoisotopic (exact) mass is 278 g/mol. The Kier molecular flexibility index (Phi) is 6.43. The van der Waals surface area contributed by atoms with Crippen molar-refractivity contribution in [1.29, 1.82) is 0 Å². The van der Waals surface area contributed by atoms with Gasteiger partial charge in [-0.2, -0.15) is 0 Å². The van der Waals surface area contributed by atoms with E-state index < -0.39 is 23.8 Å². The Morgan fingerprint density at radius 1 is 1.05 bits per heavy atom. The van der Waals surface area contributed by atoms with Gasteiger partial charge in [-0.25, -0.2) is 4.79 Å². The Morgan fingerprint density at radius 3 is 2.25 bits per heavy atom. The fourth-order valence-electron chi connectivity index (χ4n) is 1.66. The predicted molar refractivity (Wildman–Crippen MR) is 71.9 cm³/mol. The highest BCUT2D eigenvalue weighted by atomic mass is 16.6. The molecule has 0 N–H and O–H groups in total. The van der Waals surface area contributed by atoms with Crippen LogP contribution in [0.1, 0.15) is 37.0 Å². The lowest BCUT2D eigenvalue weighted by Crippen LogP contribution is -2.29. The number of carbonyl (C=O) groups excluding carboxylic acids is 3. The minimum absolute atomic E-state index is 0.180. The second kappa shape index (κ2) is 8.09. The van der Waals surface area contributed by atoms with Crippen LogP contribution in [0.4, 0.5) is 0 Å². The van der Waals surface area contributed by atoms with Crippen LogP contribution in [0.15, 0.2) is 30.3 Å². The molecule has 1 atom stereocenters. The van der Waals surface area contributed by atoms with Crippen molar-refractivity contribution in [2.45, 2.75) is 26.7 Å². The van der Waals surface area contributed by atoms with Crippen LogP contribution >= 0.6 is 0 Å². The summed E-state index contributed by atoms with van der Waals surface area (Å²) in [5, 5.41) is 0. The fraction of sp³-hybridized carbons (Fsp3) is 0.400. The van der Waals surface area contributed by atoms with Crippen LogP contribution in [0.2, 0.25) is 0 Å². The standard InChI is InChI=1S/C15H18O5/c1-3-8-12(14(17)19-4-2)15(18)20-13(16)11-9-6-5-7-10-11/h5-7,9-10,12H,3-4,8H2,1-2H3. The van der Waals surface area contributed by atoms with Gasteiger partial charge >= 0.3 is 17.9 Å². The van der Waals surface area contributed by atoms with Gasteiger partial charge < -0.3 is 9.47 Å². The molecule has 1 rings (SSSR count). The second-order valence-corrected chi connectivity index (χ2v) is 4.17. The first-order valence-corrected chi connectivity index (χ1v) is 6.57. The molecule has 20 heavy (non-hydrogen) atoms. The molecule has 1 aromatic carbocycles. The Hall–Kier alpha value is -2.17. The third-order valence-corrected chi connectivity index (χ3v) is 2.64. The van der Waals surface area contributed by atoms with E-state index in [1.54, 1.807) is 25.1 Å². The van der Waals surface area contributed by atoms with Crippen molar-refractivity contribution in [3.05, 3.63) is 35.9 Å². The Morgan fingerprint density at radius 2 is 1.70 bits per heavy atom. The van der Waals surface area contributed by atoms with Gasteiger partial charge in [-0.15, -0.1) is 0 Å². The number of hydrogen-bond donors (Lipinski definition) is 0. The number of carbonyl (C=O) groups is 3. The molecule has 0 amide bonds. The van der Waals surface area contributed by atoms with Gasteiger partial charge in [0.05, 0.1) is 12.2 Å². The van der Waals surface area contributed by atoms with E-state index in [0.717, 1.165) is 0 Å². The van der Waals surface area contributed by atoms with Crippen molar-refractivity contribution >= 4 is 17.9 Å². The average molecular weight is 278 g/mol. The van der Waals surface area contributed by atoms with E-state index in [-0.39, 0.29) is 12.2 Å². The number of ether oxygens (including phenoxy) is 2. The first-order valence-electron chi connectivity index (χ1n) is 6.57. The number of hydrogen-bond acceptors (Lipinski definition) is 5. The molecule has 5 nitrogen and oxygen atoms in total. The number of esters is 3. The molecule has 0 fully saturated rings. The van der Waals surface area contributed by atoms with Crippen LogP contribution < -0.4 is 0 Å². The van der Waals surface area contributed by atoms with Gasteiger partial charge in [0.2, 0.25) is 0 Å². The van der Waals surface area contributed by atoms with Crippen LogP contribution in [0.25, 0.3) is 0 Å². The maximum atomic E-state index is 11.9. The third-order valence-electron chi connectivity index (χ3n) is 2.64. The van der Waals surface area contributed by atoms with Gasteiger partial charge in [0.15, 0.2) is 5.92 Å². The summed E-state index contributed by atoms with van der Waals surface area (Å²) in [5.41, 5.74) is 0.264. The van der Waals surface area contributed by atoms with Crippen LogP contribution in [0, 0.1) is 5.92 Å². The van der Waals surface area contributed by atoms with Gasteiger partial charge in [0, 0.05) is 0 Å². The molecule has 0 saturated carbocycles. The van der Waals surface area contributed by atoms with Crippen molar-refractivity contribution in [2.75, 3.05) is 6.61 Å². The van der Waals surface area contributed by atoms with Crippen LogP contribution in [-0.2, 0) is 19.1 Å².